The first-order valence-electron chi connectivity index (χ1n) is 10.6. The van der Waals surface area contributed by atoms with Crippen LogP contribution in [0.1, 0.15) is 60.3 Å². The van der Waals surface area contributed by atoms with Gasteiger partial charge in [-0.1, -0.05) is 34.6 Å². The third kappa shape index (κ3) is 7.17. The number of amides is 2. The number of carbonyl (C=O) groups excluding carboxylic acids is 2. The van der Waals surface area contributed by atoms with E-state index in [1.807, 2.05) is 36.1 Å². The lowest BCUT2D eigenvalue weighted by atomic mass is 9.84. The van der Waals surface area contributed by atoms with Crippen LogP contribution < -0.4 is 10.2 Å². The minimum Gasteiger partial charge on any atom is -0.368 e. The molecule has 1 atom stereocenters. The molecule has 5 nitrogen and oxygen atoms in total. The molecule has 0 unspecified atom stereocenters. The van der Waals surface area contributed by atoms with Crippen LogP contribution in [0, 0.1) is 11.3 Å². The first kappa shape index (κ1) is 22.3. The molecule has 28 heavy (non-hydrogen) atoms. The highest BCUT2D eigenvalue weighted by Gasteiger charge is 2.24. The summed E-state index contributed by atoms with van der Waals surface area (Å²) in [6, 6.07) is 8.00. The summed E-state index contributed by atoms with van der Waals surface area (Å²) in [6.45, 7) is 14.1. The quantitative estimate of drug-likeness (QED) is 0.747. The van der Waals surface area contributed by atoms with Crippen LogP contribution in [0.4, 0.5) is 11.4 Å². The number of nitrogens with one attached hydrogen (secondary N) is 1. The summed E-state index contributed by atoms with van der Waals surface area (Å²) in [7, 11) is 0. The number of hydrogen-bond donors (Lipinski definition) is 1. The van der Waals surface area contributed by atoms with E-state index in [1.165, 1.54) is 0 Å². The van der Waals surface area contributed by atoms with E-state index in [4.69, 9.17) is 0 Å². The van der Waals surface area contributed by atoms with Gasteiger partial charge in [0.15, 0.2) is 0 Å². The molecule has 1 fully saturated rings. The number of piperazine rings is 1. The minimum atomic E-state index is 0.0584. The maximum Gasteiger partial charge on any atom is 0.224 e. The van der Waals surface area contributed by atoms with E-state index >= 15 is 0 Å². The first-order valence-corrected chi connectivity index (χ1v) is 10.6. The molecule has 1 aromatic carbocycles. The topological polar surface area (TPSA) is 52.7 Å². The van der Waals surface area contributed by atoms with Crippen molar-refractivity contribution < 1.29 is 9.59 Å². The molecule has 0 radical (unpaired) electrons. The van der Waals surface area contributed by atoms with E-state index in [-0.39, 0.29) is 17.2 Å². The highest BCUT2D eigenvalue weighted by Crippen LogP contribution is 2.27. The second-order valence-corrected chi connectivity index (χ2v) is 9.29. The monoisotopic (exact) mass is 387 g/mol. The molecular weight excluding hydrogens is 350 g/mol. The number of hydrogen-bond acceptors (Lipinski definition) is 3. The molecule has 1 saturated heterocycles. The normalized spacial score (nSPS) is 16.0. The lowest BCUT2D eigenvalue weighted by Crippen LogP contribution is -2.49. The fraction of sp³-hybridized carbons (Fsp3) is 0.652. The van der Waals surface area contributed by atoms with Crippen LogP contribution in [-0.4, -0.2) is 42.9 Å². The molecule has 156 valence electrons. The SMILES string of the molecule is CCCC(=O)Nc1ccc(N2CCN(C(=O)C[C@@H](C)CC(C)(C)C)CC2)cc1. The van der Waals surface area contributed by atoms with Crippen molar-refractivity contribution in [1.82, 2.24) is 4.90 Å². The molecule has 1 aliphatic rings. The Hall–Kier alpha value is -2.04. The molecule has 1 aliphatic heterocycles. The van der Waals surface area contributed by atoms with Crippen molar-refractivity contribution in [3.63, 3.8) is 0 Å². The van der Waals surface area contributed by atoms with Gasteiger partial charge in [0.2, 0.25) is 11.8 Å². The van der Waals surface area contributed by atoms with Crippen LogP contribution in [0.3, 0.4) is 0 Å². The van der Waals surface area contributed by atoms with E-state index in [2.05, 4.69) is 37.9 Å². The second-order valence-electron chi connectivity index (χ2n) is 9.29. The zero-order chi connectivity index (χ0) is 20.7. The van der Waals surface area contributed by atoms with Crippen molar-refractivity contribution in [3.8, 4) is 0 Å². The Balaban J connectivity index is 1.81. The fourth-order valence-corrected chi connectivity index (χ4v) is 3.96. The van der Waals surface area contributed by atoms with Crippen molar-refractivity contribution in [2.75, 3.05) is 36.4 Å². The van der Waals surface area contributed by atoms with Gasteiger partial charge in [-0.15, -0.1) is 0 Å². The van der Waals surface area contributed by atoms with Gasteiger partial charge in [0.1, 0.15) is 0 Å². The van der Waals surface area contributed by atoms with E-state index < -0.39 is 0 Å². The average Bonchev–Trinajstić information content (AvgIpc) is 2.61. The van der Waals surface area contributed by atoms with Crippen LogP contribution in [0.15, 0.2) is 24.3 Å². The van der Waals surface area contributed by atoms with Gasteiger partial charge in [-0.25, -0.2) is 0 Å². The Bertz CT molecular complexity index is 641. The van der Waals surface area contributed by atoms with Gasteiger partial charge in [-0.05, 0) is 48.4 Å². The molecule has 2 amide bonds. The Labute approximate surface area is 170 Å². The maximum absolute atomic E-state index is 12.6. The molecule has 0 bridgehead atoms. The molecule has 2 rings (SSSR count). The summed E-state index contributed by atoms with van der Waals surface area (Å²) < 4.78 is 0. The van der Waals surface area contributed by atoms with Crippen molar-refractivity contribution in [2.24, 2.45) is 11.3 Å². The molecular formula is C23H37N3O2. The molecule has 1 N–H and O–H groups in total. The Morgan fingerprint density at radius 2 is 1.68 bits per heavy atom. The molecule has 0 aliphatic carbocycles. The summed E-state index contributed by atoms with van der Waals surface area (Å²) in [5.74, 6) is 0.759. The summed E-state index contributed by atoms with van der Waals surface area (Å²) in [5, 5.41) is 2.92. The number of rotatable bonds is 7. The smallest absolute Gasteiger partial charge is 0.224 e. The molecule has 1 heterocycles. The highest BCUT2D eigenvalue weighted by molar-refractivity contribution is 5.90. The molecule has 0 saturated carbocycles. The van der Waals surface area contributed by atoms with E-state index in [9.17, 15) is 9.59 Å². The predicted octanol–water partition coefficient (Wildman–Crippen LogP) is 4.54. The van der Waals surface area contributed by atoms with Gasteiger partial charge in [-0.3, -0.25) is 9.59 Å². The van der Waals surface area contributed by atoms with Crippen LogP contribution >= 0.6 is 0 Å². The molecule has 1 aromatic rings. The first-order chi connectivity index (χ1) is 13.2. The number of nitrogens with zero attached hydrogens (tertiary/aromatic N) is 2. The van der Waals surface area contributed by atoms with Crippen molar-refractivity contribution in [3.05, 3.63) is 24.3 Å². The average molecular weight is 388 g/mol. The Morgan fingerprint density at radius 1 is 1.07 bits per heavy atom. The van der Waals surface area contributed by atoms with Crippen LogP contribution in [0.2, 0.25) is 0 Å². The van der Waals surface area contributed by atoms with Gasteiger partial charge in [0, 0.05) is 50.4 Å². The van der Waals surface area contributed by atoms with Crippen molar-refractivity contribution in [1.29, 1.82) is 0 Å². The molecule has 5 heteroatoms. The van der Waals surface area contributed by atoms with E-state index in [0.717, 1.165) is 50.4 Å². The van der Waals surface area contributed by atoms with E-state index in [0.29, 0.717) is 18.8 Å². The summed E-state index contributed by atoms with van der Waals surface area (Å²) in [5.41, 5.74) is 2.24. The number of benzene rings is 1. The standard InChI is InChI=1S/C23H37N3O2/c1-6-7-21(27)24-19-8-10-20(11-9-19)25-12-14-26(15-13-25)22(28)16-18(2)17-23(3,4)5/h8-11,18H,6-7,12-17H2,1-5H3,(H,24,27)/t18-/m1/s1. The number of carbonyl (C=O) groups is 2. The Kier molecular flexibility index (Phi) is 7.90. The fourth-order valence-electron chi connectivity index (χ4n) is 3.96. The zero-order valence-electron chi connectivity index (χ0n) is 18.3. The minimum absolute atomic E-state index is 0.0584. The van der Waals surface area contributed by atoms with Gasteiger partial charge in [-0.2, -0.15) is 0 Å². The summed E-state index contributed by atoms with van der Waals surface area (Å²) in [6.07, 6.45) is 3.11. The second kappa shape index (κ2) is 9.94. The third-order valence-electron chi connectivity index (χ3n) is 5.11. The van der Waals surface area contributed by atoms with Crippen molar-refractivity contribution >= 4 is 23.2 Å². The van der Waals surface area contributed by atoms with Gasteiger partial charge < -0.3 is 15.1 Å². The summed E-state index contributed by atoms with van der Waals surface area (Å²) in [4.78, 5) is 28.6. The van der Waals surface area contributed by atoms with Crippen molar-refractivity contribution in [2.45, 2.75) is 60.3 Å². The van der Waals surface area contributed by atoms with E-state index in [1.54, 1.807) is 0 Å². The lowest BCUT2D eigenvalue weighted by Gasteiger charge is -2.37. The molecule has 0 spiro atoms. The maximum atomic E-state index is 12.6. The summed E-state index contributed by atoms with van der Waals surface area (Å²) >= 11 is 0. The third-order valence-corrected chi connectivity index (χ3v) is 5.11. The molecule has 0 aromatic heterocycles. The van der Waals surface area contributed by atoms with Gasteiger partial charge >= 0.3 is 0 Å². The predicted molar refractivity (Wildman–Crippen MR) is 117 cm³/mol. The van der Waals surface area contributed by atoms with Gasteiger partial charge in [0.05, 0.1) is 0 Å². The van der Waals surface area contributed by atoms with Gasteiger partial charge in [0.25, 0.3) is 0 Å². The van der Waals surface area contributed by atoms with Crippen LogP contribution in [-0.2, 0) is 9.59 Å². The Morgan fingerprint density at radius 3 is 2.21 bits per heavy atom. The largest absolute Gasteiger partial charge is 0.368 e. The lowest BCUT2D eigenvalue weighted by molar-refractivity contribution is -0.132. The highest BCUT2D eigenvalue weighted by atomic mass is 16.2. The van der Waals surface area contributed by atoms with Crippen LogP contribution in [0.25, 0.3) is 0 Å². The van der Waals surface area contributed by atoms with Crippen LogP contribution in [0.5, 0.6) is 0 Å². The zero-order valence-corrected chi connectivity index (χ0v) is 18.3. The number of anilines is 2.